The maximum Gasteiger partial charge on any atom is 0.416 e. The van der Waals surface area contributed by atoms with E-state index in [0.29, 0.717) is 27.8 Å². The van der Waals surface area contributed by atoms with E-state index in [0.717, 1.165) is 12.1 Å². The quantitative estimate of drug-likeness (QED) is 0.443. The van der Waals surface area contributed by atoms with Crippen molar-refractivity contribution in [2.75, 3.05) is 18.5 Å². The van der Waals surface area contributed by atoms with Crippen molar-refractivity contribution in [2.45, 2.75) is 12.2 Å². The predicted molar refractivity (Wildman–Crippen MR) is 113 cm³/mol. The molecule has 0 spiro atoms. The molecule has 1 atom stereocenters. The molecular formula is C23H18ClF3N2O2. The summed E-state index contributed by atoms with van der Waals surface area (Å²) in [7, 11) is 1.63. The van der Waals surface area contributed by atoms with Crippen LogP contribution in [-0.2, 0) is 6.18 Å². The number of anilines is 1. The summed E-state index contributed by atoms with van der Waals surface area (Å²) in [6.45, 7) is 0.281. The van der Waals surface area contributed by atoms with Crippen LogP contribution < -0.4 is 9.64 Å². The van der Waals surface area contributed by atoms with Crippen LogP contribution in [0.15, 0.2) is 72.8 Å². The van der Waals surface area contributed by atoms with Gasteiger partial charge in [-0.15, -0.1) is 0 Å². The van der Waals surface area contributed by atoms with Gasteiger partial charge in [0, 0.05) is 24.3 Å². The van der Waals surface area contributed by atoms with Crippen LogP contribution in [0, 0.1) is 0 Å². The zero-order valence-corrected chi connectivity index (χ0v) is 17.2. The van der Waals surface area contributed by atoms with Crippen LogP contribution in [0.3, 0.4) is 0 Å². The lowest BCUT2D eigenvalue weighted by Gasteiger charge is -2.24. The Hall–Kier alpha value is -3.19. The van der Waals surface area contributed by atoms with E-state index < -0.39 is 17.8 Å². The van der Waals surface area contributed by atoms with Gasteiger partial charge in [0.15, 0.2) is 0 Å². The van der Waals surface area contributed by atoms with Gasteiger partial charge in [0.25, 0.3) is 0 Å². The van der Waals surface area contributed by atoms with E-state index in [1.165, 1.54) is 15.9 Å². The van der Waals surface area contributed by atoms with Crippen molar-refractivity contribution < 1.29 is 22.7 Å². The molecule has 1 fully saturated rings. The van der Waals surface area contributed by atoms with Crippen LogP contribution in [0.5, 0.6) is 11.5 Å². The number of ether oxygens (including phenoxy) is 1. The summed E-state index contributed by atoms with van der Waals surface area (Å²) in [6, 6.07) is 18.0. The molecule has 0 bridgehead atoms. The Morgan fingerprint density at radius 1 is 0.968 bits per heavy atom. The number of benzene rings is 3. The number of alkyl halides is 3. The van der Waals surface area contributed by atoms with Crippen LogP contribution in [0.25, 0.3) is 0 Å². The molecule has 4 rings (SSSR count). The Morgan fingerprint density at radius 2 is 1.58 bits per heavy atom. The lowest BCUT2D eigenvalue weighted by molar-refractivity contribution is -0.137. The second kappa shape index (κ2) is 8.15. The summed E-state index contributed by atoms with van der Waals surface area (Å²) in [4.78, 5) is 15.8. The molecule has 4 nitrogen and oxygen atoms in total. The lowest BCUT2D eigenvalue weighted by atomic mass is 10.0. The minimum Gasteiger partial charge on any atom is -0.457 e. The van der Waals surface area contributed by atoms with Gasteiger partial charge < -0.3 is 9.64 Å². The zero-order chi connectivity index (χ0) is 22.2. The number of carbonyl (C=O) groups is 1. The van der Waals surface area contributed by atoms with Crippen molar-refractivity contribution in [3.05, 3.63) is 88.9 Å². The predicted octanol–water partition coefficient (Wildman–Crippen LogP) is 6.76. The van der Waals surface area contributed by atoms with Crippen LogP contribution in [0.1, 0.15) is 17.2 Å². The highest BCUT2D eigenvalue weighted by molar-refractivity contribution is 6.30. The fourth-order valence-electron chi connectivity index (χ4n) is 3.52. The van der Waals surface area contributed by atoms with Gasteiger partial charge in [0.05, 0.1) is 11.6 Å². The second-order valence-corrected chi connectivity index (χ2v) is 7.66. The maximum atomic E-state index is 13.2. The normalized spacial score (nSPS) is 16.7. The van der Waals surface area contributed by atoms with Gasteiger partial charge in [-0.05, 0) is 66.2 Å². The summed E-state index contributed by atoms with van der Waals surface area (Å²) >= 11 is 5.87. The van der Waals surface area contributed by atoms with Crippen LogP contribution >= 0.6 is 11.6 Å². The van der Waals surface area contributed by atoms with Gasteiger partial charge >= 0.3 is 12.2 Å². The van der Waals surface area contributed by atoms with Gasteiger partial charge in [0.2, 0.25) is 0 Å². The van der Waals surface area contributed by atoms with Crippen LogP contribution in [0.2, 0.25) is 5.02 Å². The highest BCUT2D eigenvalue weighted by Gasteiger charge is 2.38. The summed E-state index contributed by atoms with van der Waals surface area (Å²) in [5, 5.41) is 0.597. The average molecular weight is 447 g/mol. The van der Waals surface area contributed by atoms with Gasteiger partial charge in [-0.25, -0.2) is 4.79 Å². The first-order valence-corrected chi connectivity index (χ1v) is 9.85. The molecule has 1 saturated heterocycles. The molecule has 1 aliphatic rings. The van der Waals surface area contributed by atoms with E-state index in [4.69, 9.17) is 16.3 Å². The number of halogens is 4. The van der Waals surface area contributed by atoms with Gasteiger partial charge in [-0.2, -0.15) is 13.2 Å². The molecule has 160 valence electrons. The summed E-state index contributed by atoms with van der Waals surface area (Å²) in [5.41, 5.74) is 0.257. The van der Waals surface area contributed by atoms with Crippen molar-refractivity contribution in [3.63, 3.8) is 0 Å². The largest absolute Gasteiger partial charge is 0.457 e. The highest BCUT2D eigenvalue weighted by atomic mass is 35.5. The third kappa shape index (κ3) is 4.46. The molecule has 3 aromatic carbocycles. The second-order valence-electron chi connectivity index (χ2n) is 7.22. The van der Waals surface area contributed by atoms with Crippen molar-refractivity contribution in [2.24, 2.45) is 0 Å². The molecule has 0 radical (unpaired) electrons. The van der Waals surface area contributed by atoms with Crippen molar-refractivity contribution in [1.82, 2.24) is 4.90 Å². The van der Waals surface area contributed by atoms with Gasteiger partial charge in [-0.1, -0.05) is 23.7 Å². The SMILES string of the molecule is CN1CC(c2cccc(C(F)(F)F)c2)N(c2ccc(Oc3ccc(Cl)cc3)cc2)C1=O. The molecule has 0 saturated carbocycles. The number of rotatable bonds is 4. The lowest BCUT2D eigenvalue weighted by Crippen LogP contribution is -2.30. The zero-order valence-electron chi connectivity index (χ0n) is 16.4. The molecular weight excluding hydrogens is 429 g/mol. The number of likely N-dealkylation sites (N-methyl/N-ethyl adjacent to an activating group) is 1. The highest BCUT2D eigenvalue weighted by Crippen LogP contribution is 2.37. The fourth-order valence-corrected chi connectivity index (χ4v) is 3.64. The molecule has 8 heteroatoms. The van der Waals surface area contributed by atoms with Crippen molar-refractivity contribution >= 4 is 23.3 Å². The van der Waals surface area contributed by atoms with E-state index in [-0.39, 0.29) is 12.6 Å². The first-order valence-electron chi connectivity index (χ1n) is 9.47. The van der Waals surface area contributed by atoms with Gasteiger partial charge in [0.1, 0.15) is 11.5 Å². The molecule has 2 amide bonds. The standard InChI is InChI=1S/C23H18ClF3N2O2/c1-28-14-21(15-3-2-4-16(13-15)23(25,26)27)29(22(28)30)18-7-11-20(12-8-18)31-19-9-5-17(24)6-10-19/h2-13,21H,14H2,1H3. The molecule has 31 heavy (non-hydrogen) atoms. The molecule has 0 aliphatic carbocycles. The Morgan fingerprint density at radius 3 is 2.19 bits per heavy atom. The molecule has 0 aromatic heterocycles. The fraction of sp³-hybridized carbons (Fsp3) is 0.174. The summed E-state index contributed by atoms with van der Waals surface area (Å²) in [6.07, 6.45) is -4.45. The number of hydrogen-bond donors (Lipinski definition) is 0. The number of carbonyl (C=O) groups excluding carboxylic acids is 1. The van der Waals surface area contributed by atoms with E-state index >= 15 is 0 Å². The maximum absolute atomic E-state index is 13.2. The minimum absolute atomic E-state index is 0.281. The smallest absolute Gasteiger partial charge is 0.416 e. The number of amides is 2. The van der Waals surface area contributed by atoms with Gasteiger partial charge in [-0.3, -0.25) is 4.90 Å². The first-order chi connectivity index (χ1) is 14.7. The molecule has 1 aliphatic heterocycles. The Balaban J connectivity index is 1.60. The van der Waals surface area contributed by atoms with Crippen molar-refractivity contribution in [1.29, 1.82) is 0 Å². The monoisotopic (exact) mass is 446 g/mol. The Kier molecular flexibility index (Phi) is 5.54. The Labute approximate surface area is 182 Å². The number of nitrogens with zero attached hydrogens (tertiary/aromatic N) is 2. The summed E-state index contributed by atoms with van der Waals surface area (Å²) in [5.74, 6) is 1.16. The van der Waals surface area contributed by atoms with Crippen LogP contribution in [-0.4, -0.2) is 24.5 Å². The third-order valence-electron chi connectivity index (χ3n) is 5.05. The van der Waals surface area contributed by atoms with E-state index in [9.17, 15) is 18.0 Å². The topological polar surface area (TPSA) is 32.8 Å². The Bertz CT molecular complexity index is 1090. The van der Waals surface area contributed by atoms with E-state index in [2.05, 4.69) is 0 Å². The molecule has 1 unspecified atom stereocenters. The minimum atomic E-state index is -4.45. The van der Waals surface area contributed by atoms with Crippen molar-refractivity contribution in [3.8, 4) is 11.5 Å². The van der Waals surface area contributed by atoms with Crippen LogP contribution in [0.4, 0.5) is 23.7 Å². The first kappa shape index (κ1) is 21.1. The summed E-state index contributed by atoms with van der Waals surface area (Å²) < 4.78 is 45.3. The number of hydrogen-bond acceptors (Lipinski definition) is 2. The third-order valence-corrected chi connectivity index (χ3v) is 5.31. The molecule has 3 aromatic rings. The average Bonchev–Trinajstić information content (AvgIpc) is 3.04. The molecule has 1 heterocycles. The molecule has 0 N–H and O–H groups in total. The van der Waals surface area contributed by atoms with E-state index in [1.807, 2.05) is 0 Å². The van der Waals surface area contributed by atoms with E-state index in [1.54, 1.807) is 61.6 Å². The number of urea groups is 1.